The molecule has 1 saturated heterocycles. The monoisotopic (exact) mass is 369 g/mol. The third-order valence-corrected chi connectivity index (χ3v) is 5.76. The second kappa shape index (κ2) is 7.23. The van der Waals surface area contributed by atoms with Gasteiger partial charge in [0.2, 0.25) is 0 Å². The molecule has 2 N–H and O–H groups in total. The number of anilines is 2. The van der Waals surface area contributed by atoms with E-state index < -0.39 is 0 Å². The van der Waals surface area contributed by atoms with E-state index in [2.05, 4.69) is 33.7 Å². The Labute approximate surface area is 158 Å². The highest BCUT2D eigenvalue weighted by Gasteiger charge is 2.25. The first-order chi connectivity index (χ1) is 13.0. The summed E-state index contributed by atoms with van der Waals surface area (Å²) >= 11 is 0. The molecule has 0 unspecified atom stereocenters. The lowest BCUT2D eigenvalue weighted by atomic mass is 9.99. The topological polar surface area (TPSA) is 71.3 Å². The number of nitrogens with one attached hydrogen (secondary N) is 2. The summed E-state index contributed by atoms with van der Waals surface area (Å²) < 4.78 is 2.70. The molecule has 1 fully saturated rings. The minimum absolute atomic E-state index is 0.258. The Kier molecular flexibility index (Phi) is 4.78. The van der Waals surface area contributed by atoms with Gasteiger partial charge in [-0.1, -0.05) is 18.2 Å². The van der Waals surface area contributed by atoms with Gasteiger partial charge in [0.25, 0.3) is 5.56 Å². The second-order valence-electron chi connectivity index (χ2n) is 7.54. The van der Waals surface area contributed by atoms with E-state index in [9.17, 15) is 9.59 Å². The standard InChI is InChI=1S/C20H27N5O2/c1-23-17(11-18(26)24(2)20(23)27)25-10-8-16(13-25)22-12-15-6-3-5-14-7-4-9-21-19(14)15/h3,5-6,11,16,21-22H,4,7-10,12-13H2,1-2H3/t16-/m0/s1. The van der Waals surface area contributed by atoms with Gasteiger partial charge >= 0.3 is 5.69 Å². The van der Waals surface area contributed by atoms with Crippen LogP contribution in [0.25, 0.3) is 0 Å². The predicted octanol–water partition coefficient (Wildman–Crippen LogP) is 0.811. The van der Waals surface area contributed by atoms with Gasteiger partial charge in [-0.25, -0.2) is 4.79 Å². The van der Waals surface area contributed by atoms with Crippen LogP contribution in [0.3, 0.4) is 0 Å². The zero-order valence-corrected chi connectivity index (χ0v) is 16.0. The maximum atomic E-state index is 12.2. The first kappa shape index (κ1) is 17.9. The van der Waals surface area contributed by atoms with Gasteiger partial charge in [-0.05, 0) is 30.4 Å². The van der Waals surface area contributed by atoms with Crippen LogP contribution in [0, 0.1) is 0 Å². The van der Waals surface area contributed by atoms with E-state index >= 15 is 0 Å². The first-order valence-corrected chi connectivity index (χ1v) is 9.64. The molecule has 1 aromatic heterocycles. The van der Waals surface area contributed by atoms with Gasteiger partial charge < -0.3 is 15.5 Å². The highest BCUT2D eigenvalue weighted by molar-refractivity contribution is 5.59. The summed E-state index contributed by atoms with van der Waals surface area (Å²) in [7, 11) is 3.23. The molecule has 7 heteroatoms. The molecule has 2 aliphatic rings. The van der Waals surface area contributed by atoms with Crippen molar-refractivity contribution in [3.8, 4) is 0 Å². The molecule has 0 amide bonds. The van der Waals surface area contributed by atoms with Crippen molar-refractivity contribution in [1.82, 2.24) is 14.5 Å². The Morgan fingerprint density at radius 2 is 2.07 bits per heavy atom. The second-order valence-corrected chi connectivity index (χ2v) is 7.54. The number of rotatable bonds is 4. The number of fused-ring (bicyclic) bond motifs is 1. The Balaban J connectivity index is 1.44. The molecule has 0 bridgehead atoms. The highest BCUT2D eigenvalue weighted by atomic mass is 16.2. The summed E-state index contributed by atoms with van der Waals surface area (Å²) in [6, 6.07) is 8.42. The summed E-state index contributed by atoms with van der Waals surface area (Å²) in [6.07, 6.45) is 3.33. The van der Waals surface area contributed by atoms with Crippen LogP contribution in [0.4, 0.5) is 11.5 Å². The highest BCUT2D eigenvalue weighted by Crippen LogP contribution is 2.26. The number of hydrogen-bond donors (Lipinski definition) is 2. The normalized spacial score (nSPS) is 19.0. The van der Waals surface area contributed by atoms with Crippen LogP contribution >= 0.6 is 0 Å². The van der Waals surface area contributed by atoms with E-state index in [0.29, 0.717) is 11.9 Å². The van der Waals surface area contributed by atoms with Crippen molar-refractivity contribution in [2.45, 2.75) is 31.8 Å². The van der Waals surface area contributed by atoms with Crippen LogP contribution in [-0.4, -0.2) is 34.8 Å². The molecule has 7 nitrogen and oxygen atoms in total. The molecule has 0 spiro atoms. The van der Waals surface area contributed by atoms with Crippen molar-refractivity contribution in [3.63, 3.8) is 0 Å². The lowest BCUT2D eigenvalue weighted by Crippen LogP contribution is -2.40. The Bertz CT molecular complexity index is 962. The first-order valence-electron chi connectivity index (χ1n) is 9.64. The Morgan fingerprint density at radius 1 is 1.22 bits per heavy atom. The van der Waals surface area contributed by atoms with E-state index in [1.54, 1.807) is 17.7 Å². The third kappa shape index (κ3) is 3.39. The van der Waals surface area contributed by atoms with Gasteiger partial charge in [0.1, 0.15) is 5.82 Å². The molecular weight excluding hydrogens is 342 g/mol. The smallest absolute Gasteiger partial charge is 0.332 e. The predicted molar refractivity (Wildman–Crippen MR) is 108 cm³/mol. The molecule has 2 aliphatic heterocycles. The van der Waals surface area contributed by atoms with E-state index in [0.717, 1.165) is 43.6 Å². The van der Waals surface area contributed by atoms with Gasteiger partial charge in [-0.3, -0.25) is 13.9 Å². The number of para-hydroxylation sites is 1. The van der Waals surface area contributed by atoms with Crippen molar-refractivity contribution < 1.29 is 0 Å². The number of aromatic nitrogens is 2. The molecule has 4 rings (SSSR count). The van der Waals surface area contributed by atoms with Crippen molar-refractivity contribution in [3.05, 3.63) is 56.2 Å². The van der Waals surface area contributed by atoms with E-state index in [-0.39, 0.29) is 11.2 Å². The average Bonchev–Trinajstić information content (AvgIpc) is 3.16. The number of benzene rings is 1. The summed E-state index contributed by atoms with van der Waals surface area (Å²) in [6.45, 7) is 3.49. The molecule has 0 saturated carbocycles. The maximum absolute atomic E-state index is 12.2. The Morgan fingerprint density at radius 3 is 2.93 bits per heavy atom. The van der Waals surface area contributed by atoms with Crippen LogP contribution in [0.1, 0.15) is 24.0 Å². The van der Waals surface area contributed by atoms with Crippen LogP contribution in [0.2, 0.25) is 0 Å². The van der Waals surface area contributed by atoms with Crippen molar-refractivity contribution in [2.24, 2.45) is 14.1 Å². The molecule has 1 atom stereocenters. The summed E-state index contributed by atoms with van der Waals surface area (Å²) in [4.78, 5) is 26.3. The van der Waals surface area contributed by atoms with Gasteiger partial charge in [0, 0.05) is 58.1 Å². The van der Waals surface area contributed by atoms with Gasteiger partial charge in [0.05, 0.1) is 0 Å². The largest absolute Gasteiger partial charge is 0.385 e. The fourth-order valence-corrected chi connectivity index (χ4v) is 4.14. The van der Waals surface area contributed by atoms with Crippen molar-refractivity contribution in [2.75, 3.05) is 29.9 Å². The Hall–Kier alpha value is -2.54. The minimum atomic E-state index is -0.282. The molecule has 27 heavy (non-hydrogen) atoms. The van der Waals surface area contributed by atoms with Gasteiger partial charge in [0.15, 0.2) is 0 Å². The van der Waals surface area contributed by atoms with E-state index in [4.69, 9.17) is 0 Å². The summed E-state index contributed by atoms with van der Waals surface area (Å²) in [5, 5.41) is 7.20. The minimum Gasteiger partial charge on any atom is -0.385 e. The van der Waals surface area contributed by atoms with Crippen LogP contribution in [0.15, 0.2) is 33.9 Å². The van der Waals surface area contributed by atoms with Crippen molar-refractivity contribution >= 4 is 11.5 Å². The molecular formula is C20H27N5O2. The van der Waals surface area contributed by atoms with Crippen LogP contribution < -0.4 is 26.8 Å². The SMILES string of the molecule is Cn1c(N2CC[C@H](NCc3cccc4c3NCCC4)C2)cc(=O)n(C)c1=O. The summed E-state index contributed by atoms with van der Waals surface area (Å²) in [5.41, 5.74) is 3.47. The lowest BCUT2D eigenvalue weighted by Gasteiger charge is -2.23. The molecule has 3 heterocycles. The van der Waals surface area contributed by atoms with E-state index in [1.165, 1.54) is 30.3 Å². The number of aryl methyl sites for hydroxylation is 1. The van der Waals surface area contributed by atoms with E-state index in [1.807, 2.05) is 0 Å². The van der Waals surface area contributed by atoms with Gasteiger partial charge in [-0.15, -0.1) is 0 Å². The molecule has 1 aromatic carbocycles. The molecule has 0 aliphatic carbocycles. The molecule has 0 radical (unpaired) electrons. The van der Waals surface area contributed by atoms with Gasteiger partial charge in [-0.2, -0.15) is 0 Å². The average molecular weight is 369 g/mol. The number of hydrogen-bond acceptors (Lipinski definition) is 5. The van der Waals surface area contributed by atoms with Crippen LogP contribution in [-0.2, 0) is 27.1 Å². The quantitative estimate of drug-likeness (QED) is 0.835. The molecule has 144 valence electrons. The zero-order valence-electron chi connectivity index (χ0n) is 16.0. The number of nitrogens with zero attached hydrogens (tertiary/aromatic N) is 3. The fourth-order valence-electron chi connectivity index (χ4n) is 4.14. The molecule has 2 aromatic rings. The fraction of sp³-hybridized carbons (Fsp3) is 0.500. The summed E-state index contributed by atoms with van der Waals surface area (Å²) in [5.74, 6) is 0.700. The third-order valence-electron chi connectivity index (χ3n) is 5.76. The zero-order chi connectivity index (χ0) is 19.0. The maximum Gasteiger partial charge on any atom is 0.332 e. The van der Waals surface area contributed by atoms with Crippen LogP contribution in [0.5, 0.6) is 0 Å². The lowest BCUT2D eigenvalue weighted by molar-refractivity contribution is 0.550. The van der Waals surface area contributed by atoms with Crippen molar-refractivity contribution in [1.29, 1.82) is 0 Å².